The van der Waals surface area contributed by atoms with Gasteiger partial charge in [0.15, 0.2) is 0 Å². The van der Waals surface area contributed by atoms with Crippen LogP contribution in [-0.2, 0) is 16.6 Å². The highest BCUT2D eigenvalue weighted by molar-refractivity contribution is 9.10. The smallest absolute Gasteiger partial charge is 0.241 e. The normalized spacial score (nSPS) is 13.4. The zero-order valence-corrected chi connectivity index (χ0v) is 16.1. The molecule has 2 N–H and O–H groups in total. The summed E-state index contributed by atoms with van der Waals surface area (Å²) in [5, 5.41) is 3.21. The molecule has 1 rings (SSSR count). The standard InChI is InChI=1S/C14H23BrN2O2S2/c1-5-16-8-12-6-13(15)11(3)14(7-12)21(18,19)17-10(2)9-20-4/h6-7,10,16-17H,5,8-9H2,1-4H3. The number of hydrogen-bond acceptors (Lipinski definition) is 4. The summed E-state index contributed by atoms with van der Waals surface area (Å²) in [6.45, 7) is 7.21. The van der Waals surface area contributed by atoms with Gasteiger partial charge in [0.1, 0.15) is 0 Å². The van der Waals surface area contributed by atoms with Crippen LogP contribution in [0.15, 0.2) is 21.5 Å². The molecule has 1 aromatic rings. The van der Waals surface area contributed by atoms with Crippen molar-refractivity contribution in [2.24, 2.45) is 0 Å². The molecule has 1 unspecified atom stereocenters. The van der Waals surface area contributed by atoms with E-state index in [4.69, 9.17) is 0 Å². The summed E-state index contributed by atoms with van der Waals surface area (Å²) < 4.78 is 28.7. The van der Waals surface area contributed by atoms with Gasteiger partial charge in [0, 0.05) is 22.8 Å². The minimum atomic E-state index is -3.50. The van der Waals surface area contributed by atoms with Gasteiger partial charge in [-0.05, 0) is 49.9 Å². The van der Waals surface area contributed by atoms with Crippen LogP contribution < -0.4 is 10.0 Å². The highest BCUT2D eigenvalue weighted by Gasteiger charge is 2.21. The van der Waals surface area contributed by atoms with Gasteiger partial charge in [-0.25, -0.2) is 13.1 Å². The number of thioether (sulfide) groups is 1. The Bertz CT molecular complexity index is 577. The lowest BCUT2D eigenvalue weighted by atomic mass is 10.1. The number of hydrogen-bond donors (Lipinski definition) is 2. The molecule has 1 atom stereocenters. The van der Waals surface area contributed by atoms with E-state index < -0.39 is 10.0 Å². The summed E-state index contributed by atoms with van der Waals surface area (Å²) in [5.41, 5.74) is 1.69. The fourth-order valence-corrected chi connectivity index (χ4v) is 4.86. The van der Waals surface area contributed by atoms with Crippen LogP contribution >= 0.6 is 27.7 Å². The third-order valence-electron chi connectivity index (χ3n) is 3.00. The van der Waals surface area contributed by atoms with Crippen LogP contribution in [0.1, 0.15) is 25.0 Å². The molecule has 0 heterocycles. The van der Waals surface area contributed by atoms with E-state index in [9.17, 15) is 8.42 Å². The highest BCUT2D eigenvalue weighted by Crippen LogP contribution is 2.26. The molecule has 0 aliphatic heterocycles. The van der Waals surface area contributed by atoms with E-state index in [1.54, 1.807) is 17.8 Å². The maximum atomic E-state index is 12.6. The quantitative estimate of drug-likeness (QED) is 0.711. The summed E-state index contributed by atoms with van der Waals surface area (Å²) in [6, 6.07) is 3.61. The zero-order chi connectivity index (χ0) is 16.0. The van der Waals surface area contributed by atoms with E-state index in [0.29, 0.717) is 11.4 Å². The van der Waals surface area contributed by atoms with Crippen molar-refractivity contribution in [3.05, 3.63) is 27.7 Å². The number of rotatable bonds is 8. The van der Waals surface area contributed by atoms with Gasteiger partial charge in [-0.2, -0.15) is 11.8 Å². The lowest BCUT2D eigenvalue weighted by Crippen LogP contribution is -2.34. The molecule has 0 saturated carbocycles. The van der Waals surface area contributed by atoms with Crippen molar-refractivity contribution in [1.82, 2.24) is 10.0 Å². The molecule has 120 valence electrons. The maximum absolute atomic E-state index is 12.6. The van der Waals surface area contributed by atoms with Crippen LogP contribution in [0.2, 0.25) is 0 Å². The Balaban J connectivity index is 3.12. The van der Waals surface area contributed by atoms with E-state index in [-0.39, 0.29) is 6.04 Å². The van der Waals surface area contributed by atoms with Crippen LogP contribution in [0.5, 0.6) is 0 Å². The first-order chi connectivity index (χ1) is 9.81. The molecule has 0 radical (unpaired) electrons. The monoisotopic (exact) mass is 394 g/mol. The Kier molecular flexibility index (Phi) is 7.70. The number of sulfonamides is 1. The van der Waals surface area contributed by atoms with Crippen molar-refractivity contribution >= 4 is 37.7 Å². The zero-order valence-electron chi connectivity index (χ0n) is 12.9. The second-order valence-corrected chi connectivity index (χ2v) is 8.41. The maximum Gasteiger partial charge on any atom is 0.241 e. The molecule has 0 aliphatic rings. The predicted octanol–water partition coefficient (Wildman–Crippen LogP) is 2.90. The van der Waals surface area contributed by atoms with Crippen LogP contribution in [-0.4, -0.2) is 33.0 Å². The fourth-order valence-electron chi connectivity index (χ4n) is 1.97. The predicted molar refractivity (Wildman–Crippen MR) is 94.4 cm³/mol. The van der Waals surface area contributed by atoms with E-state index in [1.807, 2.05) is 33.1 Å². The molecule has 7 heteroatoms. The Morgan fingerprint density at radius 3 is 2.62 bits per heavy atom. The van der Waals surface area contributed by atoms with Gasteiger partial charge < -0.3 is 5.32 Å². The van der Waals surface area contributed by atoms with Crippen molar-refractivity contribution in [2.45, 2.75) is 38.3 Å². The Morgan fingerprint density at radius 1 is 1.38 bits per heavy atom. The lowest BCUT2D eigenvalue weighted by Gasteiger charge is -2.16. The van der Waals surface area contributed by atoms with Gasteiger partial charge in [-0.3, -0.25) is 0 Å². The summed E-state index contributed by atoms with van der Waals surface area (Å²) >= 11 is 5.08. The minimum Gasteiger partial charge on any atom is -0.313 e. The van der Waals surface area contributed by atoms with Gasteiger partial charge in [-0.1, -0.05) is 22.9 Å². The van der Waals surface area contributed by atoms with Crippen molar-refractivity contribution in [2.75, 3.05) is 18.6 Å². The van der Waals surface area contributed by atoms with E-state index >= 15 is 0 Å². The van der Waals surface area contributed by atoms with Crippen molar-refractivity contribution in [3.63, 3.8) is 0 Å². The van der Waals surface area contributed by atoms with Gasteiger partial charge in [0.05, 0.1) is 4.90 Å². The molecule has 0 aromatic heterocycles. The molecule has 1 aromatic carbocycles. The molecule has 0 spiro atoms. The van der Waals surface area contributed by atoms with Crippen LogP contribution in [0, 0.1) is 6.92 Å². The van der Waals surface area contributed by atoms with Crippen LogP contribution in [0.25, 0.3) is 0 Å². The SMILES string of the molecule is CCNCc1cc(Br)c(C)c(S(=O)(=O)NC(C)CSC)c1. The second-order valence-electron chi connectivity index (χ2n) is 4.96. The van der Waals surface area contributed by atoms with Crippen LogP contribution in [0.4, 0.5) is 0 Å². The molecule has 0 fully saturated rings. The molecule has 0 bridgehead atoms. The van der Waals surface area contributed by atoms with Gasteiger partial charge in [0.25, 0.3) is 0 Å². The number of nitrogens with one attached hydrogen (secondary N) is 2. The average molecular weight is 395 g/mol. The third-order valence-corrected chi connectivity index (χ3v) is 6.37. The lowest BCUT2D eigenvalue weighted by molar-refractivity contribution is 0.570. The number of halogens is 1. The highest BCUT2D eigenvalue weighted by atomic mass is 79.9. The third kappa shape index (κ3) is 5.56. The number of benzene rings is 1. The molecule has 21 heavy (non-hydrogen) atoms. The first kappa shape index (κ1) is 19.0. The summed E-state index contributed by atoms with van der Waals surface area (Å²) in [5.74, 6) is 0.747. The van der Waals surface area contributed by atoms with Gasteiger partial charge in [-0.15, -0.1) is 0 Å². The van der Waals surface area contributed by atoms with E-state index in [0.717, 1.165) is 27.9 Å². The molecule has 0 aliphatic carbocycles. The largest absolute Gasteiger partial charge is 0.313 e. The molecule has 4 nitrogen and oxygen atoms in total. The minimum absolute atomic E-state index is 0.0967. The summed E-state index contributed by atoms with van der Waals surface area (Å²) in [6.07, 6.45) is 1.96. The first-order valence-corrected chi connectivity index (χ1v) is 10.5. The molecular formula is C14H23BrN2O2S2. The van der Waals surface area contributed by atoms with E-state index in [1.165, 1.54) is 0 Å². The Morgan fingerprint density at radius 2 is 2.05 bits per heavy atom. The van der Waals surface area contributed by atoms with E-state index in [2.05, 4.69) is 26.0 Å². The van der Waals surface area contributed by atoms with Crippen molar-refractivity contribution in [1.29, 1.82) is 0 Å². The Labute approximate surface area is 140 Å². The van der Waals surface area contributed by atoms with Gasteiger partial charge >= 0.3 is 0 Å². The van der Waals surface area contributed by atoms with Gasteiger partial charge in [0.2, 0.25) is 10.0 Å². The summed E-state index contributed by atoms with van der Waals surface area (Å²) in [4.78, 5) is 0.345. The summed E-state index contributed by atoms with van der Waals surface area (Å²) in [7, 11) is -3.50. The average Bonchev–Trinajstić information content (AvgIpc) is 2.39. The van der Waals surface area contributed by atoms with Crippen LogP contribution in [0.3, 0.4) is 0 Å². The molecular weight excluding hydrogens is 372 g/mol. The van der Waals surface area contributed by atoms with Crippen molar-refractivity contribution in [3.8, 4) is 0 Å². The Hall–Kier alpha value is -0.0800. The molecule has 0 amide bonds. The second kappa shape index (κ2) is 8.53. The fraction of sp³-hybridized carbons (Fsp3) is 0.571. The topological polar surface area (TPSA) is 58.2 Å². The first-order valence-electron chi connectivity index (χ1n) is 6.82. The molecule has 0 saturated heterocycles. The van der Waals surface area contributed by atoms with Crippen molar-refractivity contribution < 1.29 is 8.42 Å².